The molecule has 6 aliphatic rings. The average Bonchev–Trinajstić information content (AvgIpc) is 3.99. The van der Waals surface area contributed by atoms with E-state index in [1.807, 2.05) is 19.8 Å². The van der Waals surface area contributed by atoms with Crippen LogP contribution in [-0.2, 0) is 76.4 Å². The Balaban J connectivity index is 0.000000186. The first kappa shape index (κ1) is 49.8. The summed E-state index contributed by atoms with van der Waals surface area (Å²) in [5, 5.41) is 0. The summed E-state index contributed by atoms with van der Waals surface area (Å²) in [4.78, 5) is 0. The predicted octanol–water partition coefficient (Wildman–Crippen LogP) is 15.4. The van der Waals surface area contributed by atoms with Gasteiger partial charge in [0.1, 0.15) is 0 Å². The number of halogens is 2. The van der Waals surface area contributed by atoms with Crippen molar-refractivity contribution in [3.8, 4) is 22.3 Å². The van der Waals surface area contributed by atoms with Gasteiger partial charge in [-0.15, -0.1) is 24.8 Å². The molecule has 0 amide bonds. The summed E-state index contributed by atoms with van der Waals surface area (Å²) in [6, 6.07) is 25.1. The molecular formula is C60H74Cl2Hf2. The van der Waals surface area contributed by atoms with Crippen LogP contribution < -0.4 is 6.64 Å². The van der Waals surface area contributed by atoms with Gasteiger partial charge in [-0.2, -0.15) is 0 Å². The molecular weight excluding hydrogens is 1150 g/mol. The summed E-state index contributed by atoms with van der Waals surface area (Å²) in [6.07, 6.45) is 27.5. The summed E-state index contributed by atoms with van der Waals surface area (Å²) < 4.78 is 11.2. The predicted molar refractivity (Wildman–Crippen MR) is 279 cm³/mol. The van der Waals surface area contributed by atoms with Crippen molar-refractivity contribution in [3.05, 3.63) is 148 Å². The Morgan fingerprint density at radius 3 is 1.03 bits per heavy atom. The van der Waals surface area contributed by atoms with E-state index >= 15 is 0 Å². The van der Waals surface area contributed by atoms with Crippen molar-refractivity contribution in [2.75, 3.05) is 0 Å². The zero-order valence-electron chi connectivity index (χ0n) is 41.1. The van der Waals surface area contributed by atoms with Gasteiger partial charge in [-0.25, -0.2) is 0 Å². The molecule has 4 aromatic carbocycles. The first-order valence-electron chi connectivity index (χ1n) is 24.0. The molecule has 0 saturated heterocycles. The Morgan fingerprint density at radius 1 is 0.406 bits per heavy atom. The normalized spacial score (nSPS) is 16.8. The number of rotatable bonds is 4. The van der Waals surface area contributed by atoms with Crippen LogP contribution in [0.15, 0.2) is 104 Å². The van der Waals surface area contributed by atoms with E-state index in [0.717, 1.165) is 12.8 Å². The van der Waals surface area contributed by atoms with Gasteiger partial charge in [-0.1, -0.05) is 0 Å². The molecule has 0 bridgehead atoms. The van der Waals surface area contributed by atoms with Crippen LogP contribution >= 0.6 is 24.8 Å². The molecule has 2 saturated carbocycles. The molecule has 336 valence electrons. The monoisotopic (exact) mass is 1220 g/mol. The average molecular weight is 1220 g/mol. The summed E-state index contributed by atoms with van der Waals surface area (Å²) >= 11 is -4.40. The fourth-order valence-electron chi connectivity index (χ4n) is 10.4. The van der Waals surface area contributed by atoms with Crippen LogP contribution in [0, 0.1) is 0 Å². The molecule has 10 rings (SSSR count). The quantitative estimate of drug-likeness (QED) is 0.154. The Bertz CT molecular complexity index is 2500. The van der Waals surface area contributed by atoms with Crippen molar-refractivity contribution in [1.29, 1.82) is 0 Å². The number of hydrogen-bond donors (Lipinski definition) is 0. The zero-order chi connectivity index (χ0) is 43.9. The minimum absolute atomic E-state index is 0. The Hall–Kier alpha value is -2.10. The topological polar surface area (TPSA) is 0 Å². The van der Waals surface area contributed by atoms with E-state index < -0.39 is 41.9 Å². The number of hydrogen-bond acceptors (Lipinski definition) is 0. The smallest absolute Gasteiger partial charge is 0.147 e. The van der Waals surface area contributed by atoms with Crippen LogP contribution in [-0.4, -0.2) is 6.51 Å². The van der Waals surface area contributed by atoms with Gasteiger partial charge < -0.3 is 0 Å². The van der Waals surface area contributed by atoms with Crippen molar-refractivity contribution in [2.45, 2.75) is 169 Å². The fraction of sp³-hybridized carbons (Fsp3) is 0.433. The maximum atomic E-state index is 2.67. The molecule has 0 heterocycles. The SMILES string of the molecule is CC(C)(C)c1ccc2c(c1)-c1cc(C(C)(C)C)c[c]([Hf]([C]3=CC=CC3)=[C]3CCC3)c1C2.CC(C)(C)c1ccc2c(c1)-c1cc(C(C)(C)C)c[c]([Hf]([C]3=CC=CC3)=[C]3CCC3)c1C2.Cl.Cl. The van der Waals surface area contributed by atoms with Crippen LogP contribution in [0.1, 0.15) is 179 Å². The second-order valence-electron chi connectivity index (χ2n) is 23.5. The molecule has 0 aliphatic heterocycles. The maximum Gasteiger partial charge on any atom is -0.147 e. The largest absolute Gasteiger partial charge is 0.147 e. The van der Waals surface area contributed by atoms with E-state index in [-0.39, 0.29) is 46.5 Å². The minimum atomic E-state index is -2.20. The Kier molecular flexibility index (Phi) is 14.6. The summed E-state index contributed by atoms with van der Waals surface area (Å²) in [5.74, 6) is 0. The number of benzene rings is 4. The van der Waals surface area contributed by atoms with Gasteiger partial charge in [-0.3, -0.25) is 0 Å². The summed E-state index contributed by atoms with van der Waals surface area (Å²) in [7, 11) is 0. The summed E-state index contributed by atoms with van der Waals surface area (Å²) in [6.45, 7) is 28.3. The maximum absolute atomic E-state index is 2.67. The molecule has 0 aromatic heterocycles. The second-order valence-corrected chi connectivity index (χ2v) is 42.5. The number of fused-ring (bicyclic) bond motifs is 6. The standard InChI is InChI=1S/2C21H25.2C5H5.2C4H6.2ClH.2Hf/c2*1-20(2,3)16-9-7-14-11-15-8-10-17(21(4,5)6)13-19(15)18(14)12-16;2*1-2-4-5-3-1;2*1-2-4-3-1;;;;/h2*7,9-10,12-13H,11H2,1-6H3;2*1-3H,4H2;2*1-3H2;2*1H;;. The van der Waals surface area contributed by atoms with Crippen LogP contribution in [0.4, 0.5) is 0 Å². The van der Waals surface area contributed by atoms with Crippen molar-refractivity contribution in [3.63, 3.8) is 0 Å². The Morgan fingerprint density at radius 2 is 0.750 bits per heavy atom. The van der Waals surface area contributed by atoms with Gasteiger partial charge >= 0.3 is 395 Å². The third kappa shape index (κ3) is 9.76. The molecule has 4 heteroatoms. The number of allylic oxidation sites excluding steroid dienone is 8. The first-order valence-corrected chi connectivity index (χ1v) is 34.8. The van der Waals surface area contributed by atoms with Crippen LogP contribution in [0.3, 0.4) is 0 Å². The molecule has 6 aliphatic carbocycles. The Labute approximate surface area is 415 Å². The fourth-order valence-corrected chi connectivity index (χ4v) is 35.2. The molecule has 0 nitrogen and oxygen atoms in total. The molecule has 0 spiro atoms. The van der Waals surface area contributed by atoms with Crippen molar-refractivity contribution < 1.29 is 41.9 Å². The third-order valence-corrected chi connectivity index (χ3v) is 37.9. The second kappa shape index (κ2) is 18.8. The van der Waals surface area contributed by atoms with Gasteiger partial charge in [-0.05, 0) is 0 Å². The van der Waals surface area contributed by atoms with Gasteiger partial charge in [0, 0.05) is 0 Å². The first-order chi connectivity index (χ1) is 29.3. The van der Waals surface area contributed by atoms with E-state index in [1.54, 1.807) is 22.3 Å². The molecule has 2 fully saturated rings. The molecule has 0 N–H and O–H groups in total. The van der Waals surface area contributed by atoms with Crippen LogP contribution in [0.5, 0.6) is 0 Å². The molecule has 4 aromatic rings. The molecule has 0 unspecified atom stereocenters. The van der Waals surface area contributed by atoms with E-state index in [1.165, 1.54) is 95.9 Å². The van der Waals surface area contributed by atoms with E-state index in [4.69, 9.17) is 0 Å². The van der Waals surface area contributed by atoms with E-state index in [0.29, 0.717) is 0 Å². The molecule has 0 radical (unpaired) electrons. The van der Waals surface area contributed by atoms with Gasteiger partial charge in [0.2, 0.25) is 0 Å². The van der Waals surface area contributed by atoms with Gasteiger partial charge in [0.25, 0.3) is 0 Å². The third-order valence-electron chi connectivity index (χ3n) is 14.8. The molecule has 0 atom stereocenters. The van der Waals surface area contributed by atoms with Crippen molar-refractivity contribution in [1.82, 2.24) is 0 Å². The van der Waals surface area contributed by atoms with Gasteiger partial charge in [0.05, 0.1) is 0 Å². The van der Waals surface area contributed by atoms with Crippen LogP contribution in [0.25, 0.3) is 22.3 Å². The van der Waals surface area contributed by atoms with Crippen molar-refractivity contribution >= 4 is 38.0 Å². The van der Waals surface area contributed by atoms with Crippen molar-refractivity contribution in [2.24, 2.45) is 0 Å². The molecule has 64 heavy (non-hydrogen) atoms. The van der Waals surface area contributed by atoms with Gasteiger partial charge in [0.15, 0.2) is 0 Å². The van der Waals surface area contributed by atoms with Crippen LogP contribution in [0.2, 0.25) is 0 Å². The summed E-state index contributed by atoms with van der Waals surface area (Å²) in [5.41, 5.74) is 19.3. The minimum Gasteiger partial charge on any atom is -0.147 e. The van der Waals surface area contributed by atoms with E-state index in [2.05, 4.69) is 180 Å². The van der Waals surface area contributed by atoms with E-state index in [9.17, 15) is 0 Å². The zero-order valence-corrected chi connectivity index (χ0v) is 49.9.